The van der Waals surface area contributed by atoms with Gasteiger partial charge in [0.05, 0.1) is 0 Å². The number of likely N-dealkylation sites (tertiary alicyclic amines) is 2. The molecule has 2 aliphatic heterocycles. The fourth-order valence-electron chi connectivity index (χ4n) is 5.02. The Balaban J connectivity index is 2.37. The van der Waals surface area contributed by atoms with Gasteiger partial charge in [-0.2, -0.15) is 0 Å². The molecule has 2 rings (SSSR count). The maximum absolute atomic E-state index is 2.75. The van der Waals surface area contributed by atoms with E-state index in [1.165, 1.54) is 64.7 Å². The van der Waals surface area contributed by atoms with Gasteiger partial charge in [0.25, 0.3) is 0 Å². The highest BCUT2D eigenvalue weighted by Crippen LogP contribution is 2.41. The van der Waals surface area contributed by atoms with Crippen molar-refractivity contribution >= 4 is 0 Å². The Hall–Kier alpha value is -0.340. The van der Waals surface area contributed by atoms with Crippen molar-refractivity contribution in [1.82, 2.24) is 9.80 Å². The third kappa shape index (κ3) is 3.43. The molecule has 0 aromatic rings. The molecule has 0 aromatic carbocycles. The van der Waals surface area contributed by atoms with Crippen LogP contribution >= 0.6 is 0 Å². The Morgan fingerprint density at radius 2 is 1.09 bits per heavy atom. The Morgan fingerprint density at radius 3 is 1.45 bits per heavy atom. The quantitative estimate of drug-likeness (QED) is 0.670. The summed E-state index contributed by atoms with van der Waals surface area (Å²) >= 11 is 0. The first kappa shape index (κ1) is 18.0. The van der Waals surface area contributed by atoms with Crippen LogP contribution in [0.2, 0.25) is 0 Å². The van der Waals surface area contributed by atoms with Crippen LogP contribution in [0.15, 0.2) is 11.1 Å². The highest BCUT2D eigenvalue weighted by atomic mass is 15.2. The van der Waals surface area contributed by atoms with E-state index in [1.807, 2.05) is 0 Å². The van der Waals surface area contributed by atoms with Gasteiger partial charge in [0.1, 0.15) is 0 Å². The summed E-state index contributed by atoms with van der Waals surface area (Å²) in [4.78, 5) is 5.48. The fraction of sp³-hybridized carbons (Fsp3) is 0.900. The smallest absolute Gasteiger partial charge is 0.0384 e. The normalized spacial score (nSPS) is 23.7. The van der Waals surface area contributed by atoms with E-state index in [9.17, 15) is 0 Å². The molecular formula is C20H38N2. The van der Waals surface area contributed by atoms with E-state index < -0.39 is 0 Å². The molecule has 2 saturated heterocycles. The molecular weight excluding hydrogens is 268 g/mol. The first-order valence-electron chi connectivity index (χ1n) is 9.52. The van der Waals surface area contributed by atoms with Crippen molar-refractivity contribution in [2.24, 2.45) is 0 Å². The van der Waals surface area contributed by atoms with Crippen LogP contribution in [-0.4, -0.2) is 47.1 Å². The fourth-order valence-corrected chi connectivity index (χ4v) is 5.02. The molecule has 2 heteroatoms. The number of hydrogen-bond donors (Lipinski definition) is 0. The SMILES string of the molecule is CCC(C)=C(C(C)(C)N1CCCCC1)C(C)(C)N1CCCC1. The third-order valence-corrected chi connectivity index (χ3v) is 6.22. The second-order valence-corrected chi connectivity index (χ2v) is 8.37. The summed E-state index contributed by atoms with van der Waals surface area (Å²) in [5.74, 6) is 0. The second-order valence-electron chi connectivity index (χ2n) is 8.37. The lowest BCUT2D eigenvalue weighted by Crippen LogP contribution is -2.57. The van der Waals surface area contributed by atoms with E-state index in [1.54, 1.807) is 11.1 Å². The molecule has 22 heavy (non-hydrogen) atoms. The summed E-state index contributed by atoms with van der Waals surface area (Å²) in [7, 11) is 0. The van der Waals surface area contributed by atoms with Crippen molar-refractivity contribution in [1.29, 1.82) is 0 Å². The molecule has 0 unspecified atom stereocenters. The predicted molar refractivity (Wildman–Crippen MR) is 97.4 cm³/mol. The lowest BCUT2D eigenvalue weighted by Gasteiger charge is -2.51. The number of piperidine rings is 1. The average Bonchev–Trinajstić information content (AvgIpc) is 3.02. The highest BCUT2D eigenvalue weighted by molar-refractivity contribution is 5.34. The molecule has 0 atom stereocenters. The molecule has 0 aliphatic carbocycles. The summed E-state index contributed by atoms with van der Waals surface area (Å²) in [6.45, 7) is 19.7. The van der Waals surface area contributed by atoms with Gasteiger partial charge in [-0.05, 0) is 98.5 Å². The van der Waals surface area contributed by atoms with Gasteiger partial charge in [0, 0.05) is 11.1 Å². The van der Waals surface area contributed by atoms with Crippen LogP contribution in [0.4, 0.5) is 0 Å². The van der Waals surface area contributed by atoms with Crippen molar-refractivity contribution in [3.05, 3.63) is 11.1 Å². The summed E-state index contributed by atoms with van der Waals surface area (Å²) in [6, 6.07) is 0. The first-order chi connectivity index (χ1) is 10.3. The summed E-state index contributed by atoms with van der Waals surface area (Å²) in [5, 5.41) is 0. The van der Waals surface area contributed by atoms with Crippen LogP contribution in [0.1, 0.15) is 80.1 Å². The molecule has 0 bridgehead atoms. The molecule has 2 nitrogen and oxygen atoms in total. The minimum absolute atomic E-state index is 0.173. The maximum Gasteiger partial charge on any atom is 0.0384 e. The Kier molecular flexibility index (Phi) is 5.77. The Morgan fingerprint density at radius 1 is 0.727 bits per heavy atom. The molecule has 0 saturated carbocycles. The van der Waals surface area contributed by atoms with Crippen LogP contribution in [0.25, 0.3) is 0 Å². The highest BCUT2D eigenvalue weighted by Gasteiger charge is 2.43. The van der Waals surface area contributed by atoms with Crippen molar-refractivity contribution < 1.29 is 0 Å². The van der Waals surface area contributed by atoms with Crippen LogP contribution < -0.4 is 0 Å². The van der Waals surface area contributed by atoms with Crippen molar-refractivity contribution in [2.75, 3.05) is 26.2 Å². The predicted octanol–water partition coefficient (Wildman–Crippen LogP) is 4.85. The zero-order chi connectivity index (χ0) is 16.4. The number of rotatable bonds is 5. The van der Waals surface area contributed by atoms with E-state index >= 15 is 0 Å². The summed E-state index contributed by atoms with van der Waals surface area (Å²) < 4.78 is 0. The first-order valence-corrected chi connectivity index (χ1v) is 9.52. The Bertz CT molecular complexity index is 394. The monoisotopic (exact) mass is 306 g/mol. The number of nitrogens with zero attached hydrogens (tertiary/aromatic N) is 2. The van der Waals surface area contributed by atoms with Gasteiger partial charge in [-0.1, -0.05) is 18.9 Å². The zero-order valence-corrected chi connectivity index (χ0v) is 16.0. The van der Waals surface area contributed by atoms with E-state index in [2.05, 4.69) is 51.3 Å². The van der Waals surface area contributed by atoms with Gasteiger partial charge < -0.3 is 0 Å². The molecule has 0 aromatic heterocycles. The maximum atomic E-state index is 2.75. The lowest BCUT2D eigenvalue weighted by molar-refractivity contribution is 0.0839. The molecule has 2 heterocycles. The zero-order valence-electron chi connectivity index (χ0n) is 16.0. The van der Waals surface area contributed by atoms with Crippen LogP contribution in [0, 0.1) is 0 Å². The van der Waals surface area contributed by atoms with Gasteiger partial charge in [-0.3, -0.25) is 9.80 Å². The summed E-state index contributed by atoms with van der Waals surface area (Å²) in [6.07, 6.45) is 8.05. The molecule has 0 N–H and O–H groups in total. The molecule has 0 amide bonds. The van der Waals surface area contributed by atoms with Gasteiger partial charge in [-0.15, -0.1) is 0 Å². The van der Waals surface area contributed by atoms with E-state index in [0.29, 0.717) is 0 Å². The minimum Gasteiger partial charge on any atom is -0.294 e. The van der Waals surface area contributed by atoms with Gasteiger partial charge in [0.15, 0.2) is 0 Å². The molecule has 0 radical (unpaired) electrons. The van der Waals surface area contributed by atoms with E-state index in [0.717, 1.165) is 0 Å². The van der Waals surface area contributed by atoms with Gasteiger partial charge in [0.2, 0.25) is 0 Å². The van der Waals surface area contributed by atoms with Crippen molar-refractivity contribution in [3.63, 3.8) is 0 Å². The topological polar surface area (TPSA) is 6.48 Å². The van der Waals surface area contributed by atoms with Crippen LogP contribution in [-0.2, 0) is 0 Å². The van der Waals surface area contributed by atoms with Crippen LogP contribution in [0.3, 0.4) is 0 Å². The standard InChI is InChI=1S/C20H38N2/c1-7-17(2)18(20(5,6)22-15-11-12-16-22)19(3,4)21-13-9-8-10-14-21/h7-16H2,1-6H3. The Labute approximate surface area is 138 Å². The van der Waals surface area contributed by atoms with Crippen LogP contribution in [0.5, 0.6) is 0 Å². The number of allylic oxidation sites excluding steroid dienone is 1. The van der Waals surface area contributed by atoms with E-state index in [4.69, 9.17) is 0 Å². The minimum atomic E-state index is 0.173. The third-order valence-electron chi connectivity index (χ3n) is 6.22. The van der Waals surface area contributed by atoms with Gasteiger partial charge in [-0.25, -0.2) is 0 Å². The lowest BCUT2D eigenvalue weighted by atomic mass is 9.74. The molecule has 128 valence electrons. The molecule has 2 fully saturated rings. The van der Waals surface area contributed by atoms with Crippen molar-refractivity contribution in [2.45, 2.75) is 91.1 Å². The number of hydrogen-bond acceptors (Lipinski definition) is 2. The summed E-state index contributed by atoms with van der Waals surface area (Å²) in [5.41, 5.74) is 3.64. The van der Waals surface area contributed by atoms with Crippen molar-refractivity contribution in [3.8, 4) is 0 Å². The average molecular weight is 307 g/mol. The molecule has 0 spiro atoms. The van der Waals surface area contributed by atoms with Gasteiger partial charge >= 0.3 is 0 Å². The van der Waals surface area contributed by atoms with E-state index in [-0.39, 0.29) is 11.1 Å². The second kappa shape index (κ2) is 7.05. The largest absolute Gasteiger partial charge is 0.294 e. The molecule has 2 aliphatic rings.